The quantitative estimate of drug-likeness (QED) is 0.560. The first-order chi connectivity index (χ1) is 6.01. The summed E-state index contributed by atoms with van der Waals surface area (Å²) in [6, 6.07) is 0. The molecule has 0 aliphatic heterocycles. The van der Waals surface area contributed by atoms with Crippen molar-refractivity contribution < 1.29 is 4.79 Å². The Morgan fingerprint density at radius 2 is 2.00 bits per heavy atom. The SMILES string of the molecule is C[C@@H]1CC[C@@H]2[C@H](CC(=O)C2(C)C)C1. The summed E-state index contributed by atoms with van der Waals surface area (Å²) in [6.45, 7) is 6.62. The van der Waals surface area contributed by atoms with Crippen molar-refractivity contribution in [2.75, 3.05) is 0 Å². The number of carbonyl (C=O) groups excluding carboxylic acids is 1. The molecule has 2 saturated carbocycles. The predicted octanol–water partition coefficient (Wildman–Crippen LogP) is 3.04. The first kappa shape index (κ1) is 9.23. The van der Waals surface area contributed by atoms with E-state index in [-0.39, 0.29) is 5.41 Å². The molecule has 74 valence electrons. The van der Waals surface area contributed by atoms with E-state index >= 15 is 0 Å². The van der Waals surface area contributed by atoms with Crippen molar-refractivity contribution in [1.82, 2.24) is 0 Å². The fraction of sp³-hybridized carbons (Fsp3) is 0.917. The van der Waals surface area contributed by atoms with Gasteiger partial charge in [-0.25, -0.2) is 0 Å². The second-order valence-electron chi connectivity index (χ2n) is 5.63. The lowest BCUT2D eigenvalue weighted by atomic mass is 9.69. The molecule has 2 fully saturated rings. The molecule has 0 aromatic carbocycles. The van der Waals surface area contributed by atoms with Gasteiger partial charge in [0.25, 0.3) is 0 Å². The largest absolute Gasteiger partial charge is 0.299 e. The summed E-state index contributed by atoms with van der Waals surface area (Å²) >= 11 is 0. The van der Waals surface area contributed by atoms with Gasteiger partial charge in [0, 0.05) is 11.8 Å². The average Bonchev–Trinajstić information content (AvgIpc) is 2.23. The monoisotopic (exact) mass is 180 g/mol. The van der Waals surface area contributed by atoms with Gasteiger partial charge in [-0.3, -0.25) is 4.79 Å². The molecule has 0 spiro atoms. The molecule has 1 nitrogen and oxygen atoms in total. The van der Waals surface area contributed by atoms with Gasteiger partial charge >= 0.3 is 0 Å². The lowest BCUT2D eigenvalue weighted by molar-refractivity contribution is -0.125. The summed E-state index contributed by atoms with van der Waals surface area (Å²) in [7, 11) is 0. The van der Waals surface area contributed by atoms with Gasteiger partial charge < -0.3 is 0 Å². The number of rotatable bonds is 0. The molecule has 0 N–H and O–H groups in total. The molecule has 3 atom stereocenters. The number of carbonyl (C=O) groups is 1. The van der Waals surface area contributed by atoms with Crippen LogP contribution in [0.5, 0.6) is 0 Å². The summed E-state index contributed by atoms with van der Waals surface area (Å²) in [6.07, 6.45) is 4.77. The number of hydrogen-bond donors (Lipinski definition) is 0. The lowest BCUT2D eigenvalue weighted by Crippen LogP contribution is -2.30. The molecule has 0 saturated heterocycles. The van der Waals surface area contributed by atoms with E-state index < -0.39 is 0 Å². The van der Waals surface area contributed by atoms with Gasteiger partial charge in [0.05, 0.1) is 0 Å². The molecule has 2 rings (SSSR count). The van der Waals surface area contributed by atoms with Crippen LogP contribution in [0, 0.1) is 23.2 Å². The number of hydrogen-bond acceptors (Lipinski definition) is 1. The van der Waals surface area contributed by atoms with Crippen LogP contribution in [-0.2, 0) is 4.79 Å². The van der Waals surface area contributed by atoms with Crippen molar-refractivity contribution >= 4 is 5.78 Å². The highest BCUT2D eigenvalue weighted by molar-refractivity contribution is 5.87. The first-order valence-electron chi connectivity index (χ1n) is 5.55. The smallest absolute Gasteiger partial charge is 0.139 e. The molecule has 0 radical (unpaired) electrons. The van der Waals surface area contributed by atoms with Gasteiger partial charge in [0.15, 0.2) is 0 Å². The second kappa shape index (κ2) is 2.83. The fourth-order valence-corrected chi connectivity index (χ4v) is 3.38. The van der Waals surface area contributed by atoms with Crippen molar-refractivity contribution in [3.63, 3.8) is 0 Å². The fourth-order valence-electron chi connectivity index (χ4n) is 3.38. The van der Waals surface area contributed by atoms with E-state index in [1.807, 2.05) is 0 Å². The molecule has 0 bridgehead atoms. The number of ketones is 1. The maximum atomic E-state index is 11.8. The molecule has 1 heteroatoms. The Morgan fingerprint density at radius 3 is 2.69 bits per heavy atom. The molecule has 2 aliphatic rings. The van der Waals surface area contributed by atoms with Gasteiger partial charge in [-0.15, -0.1) is 0 Å². The zero-order chi connectivity index (χ0) is 9.64. The molecule has 13 heavy (non-hydrogen) atoms. The highest BCUT2D eigenvalue weighted by Gasteiger charge is 2.49. The summed E-state index contributed by atoms with van der Waals surface area (Å²) < 4.78 is 0. The Labute approximate surface area is 80.9 Å². The molecule has 0 aromatic rings. The van der Waals surface area contributed by atoms with Crippen LogP contribution >= 0.6 is 0 Å². The van der Waals surface area contributed by atoms with Crippen LogP contribution in [0.4, 0.5) is 0 Å². The van der Waals surface area contributed by atoms with Crippen LogP contribution < -0.4 is 0 Å². The predicted molar refractivity (Wildman–Crippen MR) is 53.4 cm³/mol. The minimum Gasteiger partial charge on any atom is -0.299 e. The average molecular weight is 180 g/mol. The molecule has 0 heterocycles. The maximum Gasteiger partial charge on any atom is 0.139 e. The van der Waals surface area contributed by atoms with Crippen LogP contribution in [-0.4, -0.2) is 5.78 Å². The lowest BCUT2D eigenvalue weighted by Gasteiger charge is -2.35. The van der Waals surface area contributed by atoms with Crippen molar-refractivity contribution in [2.24, 2.45) is 23.2 Å². The summed E-state index contributed by atoms with van der Waals surface area (Å²) in [5.41, 5.74) is -0.00912. The second-order valence-corrected chi connectivity index (χ2v) is 5.63. The third-order valence-corrected chi connectivity index (χ3v) is 4.34. The zero-order valence-electron chi connectivity index (χ0n) is 8.97. The summed E-state index contributed by atoms with van der Waals surface area (Å²) in [5.74, 6) is 2.77. The van der Waals surface area contributed by atoms with Crippen molar-refractivity contribution in [3.8, 4) is 0 Å². The van der Waals surface area contributed by atoms with E-state index in [0.29, 0.717) is 17.6 Å². The van der Waals surface area contributed by atoms with E-state index in [4.69, 9.17) is 0 Å². The van der Waals surface area contributed by atoms with Crippen LogP contribution in [0.2, 0.25) is 0 Å². The topological polar surface area (TPSA) is 17.1 Å². The van der Waals surface area contributed by atoms with Crippen LogP contribution in [0.1, 0.15) is 46.5 Å². The van der Waals surface area contributed by atoms with Crippen LogP contribution in [0.25, 0.3) is 0 Å². The zero-order valence-corrected chi connectivity index (χ0v) is 8.97. The Kier molecular flexibility index (Phi) is 2.01. The third kappa shape index (κ3) is 1.33. The van der Waals surface area contributed by atoms with E-state index in [1.54, 1.807) is 0 Å². The van der Waals surface area contributed by atoms with Gasteiger partial charge in [-0.2, -0.15) is 0 Å². The van der Waals surface area contributed by atoms with Crippen LogP contribution in [0.15, 0.2) is 0 Å². The number of fused-ring (bicyclic) bond motifs is 1. The highest BCUT2D eigenvalue weighted by atomic mass is 16.1. The third-order valence-electron chi connectivity index (χ3n) is 4.34. The van der Waals surface area contributed by atoms with Crippen molar-refractivity contribution in [2.45, 2.75) is 46.5 Å². The highest BCUT2D eigenvalue weighted by Crippen LogP contribution is 2.51. The van der Waals surface area contributed by atoms with Gasteiger partial charge in [-0.05, 0) is 30.6 Å². The van der Waals surface area contributed by atoms with E-state index in [1.165, 1.54) is 19.3 Å². The molecule has 0 amide bonds. The maximum absolute atomic E-state index is 11.8. The first-order valence-corrected chi connectivity index (χ1v) is 5.55. The molecular weight excluding hydrogens is 160 g/mol. The standard InChI is InChI=1S/C12H20O/c1-8-4-5-10-9(6-8)7-11(13)12(10,2)3/h8-10H,4-7H2,1-3H3/t8-,9+,10-/m1/s1. The van der Waals surface area contributed by atoms with Crippen LogP contribution in [0.3, 0.4) is 0 Å². The normalized spacial score (nSPS) is 43.3. The molecule has 2 aliphatic carbocycles. The van der Waals surface area contributed by atoms with E-state index in [0.717, 1.165) is 12.3 Å². The van der Waals surface area contributed by atoms with Gasteiger partial charge in [0.1, 0.15) is 5.78 Å². The van der Waals surface area contributed by atoms with Gasteiger partial charge in [-0.1, -0.05) is 27.2 Å². The minimum atomic E-state index is -0.00912. The van der Waals surface area contributed by atoms with Gasteiger partial charge in [0.2, 0.25) is 0 Å². The number of Topliss-reactive ketones (excluding diaryl/α,β-unsaturated/α-hetero) is 1. The van der Waals surface area contributed by atoms with E-state index in [2.05, 4.69) is 20.8 Å². The Balaban J connectivity index is 2.18. The van der Waals surface area contributed by atoms with Crippen molar-refractivity contribution in [3.05, 3.63) is 0 Å². The minimum absolute atomic E-state index is 0.00912. The summed E-state index contributed by atoms with van der Waals surface area (Å²) in [5, 5.41) is 0. The Bertz CT molecular complexity index is 229. The molecule has 0 aromatic heterocycles. The Morgan fingerprint density at radius 1 is 1.31 bits per heavy atom. The molecule has 0 unspecified atom stereocenters. The Hall–Kier alpha value is -0.330. The van der Waals surface area contributed by atoms with E-state index in [9.17, 15) is 4.79 Å². The summed E-state index contributed by atoms with van der Waals surface area (Å²) in [4.78, 5) is 11.8. The molecular formula is C12H20O. The van der Waals surface area contributed by atoms with Crippen molar-refractivity contribution in [1.29, 1.82) is 0 Å².